The van der Waals surface area contributed by atoms with Gasteiger partial charge in [-0.25, -0.2) is 0 Å². The van der Waals surface area contributed by atoms with E-state index in [4.69, 9.17) is 4.52 Å². The number of aromatic nitrogens is 2. The zero-order valence-corrected chi connectivity index (χ0v) is 13.8. The maximum atomic E-state index is 5.34. The number of rotatable bonds is 8. The molecule has 1 aromatic rings. The van der Waals surface area contributed by atoms with Crippen molar-refractivity contribution < 1.29 is 4.52 Å². The number of hydrogen-bond donors (Lipinski definition) is 1. The Morgan fingerprint density at radius 1 is 1.43 bits per heavy atom. The number of piperidine rings is 1. The van der Waals surface area contributed by atoms with Gasteiger partial charge >= 0.3 is 0 Å². The van der Waals surface area contributed by atoms with Gasteiger partial charge in [-0.1, -0.05) is 25.9 Å². The minimum atomic E-state index is 0.554. The van der Waals surface area contributed by atoms with E-state index in [-0.39, 0.29) is 0 Å². The molecule has 5 nitrogen and oxygen atoms in total. The van der Waals surface area contributed by atoms with Crippen molar-refractivity contribution >= 4 is 0 Å². The van der Waals surface area contributed by atoms with Crippen molar-refractivity contribution in [3.05, 3.63) is 11.7 Å². The van der Waals surface area contributed by atoms with Crippen LogP contribution in [-0.4, -0.2) is 41.2 Å². The van der Waals surface area contributed by atoms with Gasteiger partial charge in [0.05, 0.1) is 6.54 Å². The molecule has 2 rings (SSSR count). The summed E-state index contributed by atoms with van der Waals surface area (Å²) in [5.41, 5.74) is 0. The molecule has 1 atom stereocenters. The van der Waals surface area contributed by atoms with Gasteiger partial charge in [-0.05, 0) is 50.7 Å². The van der Waals surface area contributed by atoms with Crippen LogP contribution in [0.5, 0.6) is 0 Å². The molecule has 1 aliphatic rings. The zero-order valence-electron chi connectivity index (χ0n) is 13.8. The van der Waals surface area contributed by atoms with E-state index in [9.17, 15) is 0 Å². The van der Waals surface area contributed by atoms with E-state index in [1.54, 1.807) is 0 Å². The number of nitrogens with zero attached hydrogens (tertiary/aromatic N) is 3. The molecule has 0 spiro atoms. The Labute approximate surface area is 128 Å². The summed E-state index contributed by atoms with van der Waals surface area (Å²) in [6, 6.07) is 0. The highest BCUT2D eigenvalue weighted by Crippen LogP contribution is 2.14. The smallest absolute Gasteiger partial charge is 0.226 e. The average Bonchev–Trinajstić information content (AvgIpc) is 2.86. The third kappa shape index (κ3) is 5.75. The van der Waals surface area contributed by atoms with Crippen molar-refractivity contribution in [3.63, 3.8) is 0 Å². The van der Waals surface area contributed by atoms with Crippen molar-refractivity contribution in [2.75, 3.05) is 26.2 Å². The van der Waals surface area contributed by atoms with Gasteiger partial charge in [0.2, 0.25) is 5.89 Å². The van der Waals surface area contributed by atoms with Crippen molar-refractivity contribution in [2.24, 2.45) is 11.8 Å². The first kappa shape index (κ1) is 16.4. The lowest BCUT2D eigenvalue weighted by molar-refractivity contribution is 0.195. The third-order valence-corrected chi connectivity index (χ3v) is 3.91. The van der Waals surface area contributed by atoms with Crippen LogP contribution in [0.2, 0.25) is 0 Å². The zero-order chi connectivity index (χ0) is 15.1. The van der Waals surface area contributed by atoms with Crippen LogP contribution in [0, 0.1) is 11.8 Å². The van der Waals surface area contributed by atoms with Gasteiger partial charge in [0.1, 0.15) is 0 Å². The van der Waals surface area contributed by atoms with Crippen LogP contribution < -0.4 is 5.32 Å². The van der Waals surface area contributed by atoms with Crippen LogP contribution in [0.1, 0.15) is 51.7 Å². The number of nitrogens with one attached hydrogen (secondary N) is 1. The lowest BCUT2D eigenvalue weighted by atomic mass is 9.99. The molecule has 0 bridgehead atoms. The SMILES string of the molecule is CCCN(Cc1noc(CC(C)C)n1)CC1CCCNC1. The summed E-state index contributed by atoms with van der Waals surface area (Å²) in [6.45, 7) is 11.9. The maximum absolute atomic E-state index is 5.34. The lowest BCUT2D eigenvalue weighted by Gasteiger charge is -2.29. The Kier molecular flexibility index (Phi) is 6.64. The molecule has 0 radical (unpaired) electrons. The molecule has 1 saturated heterocycles. The van der Waals surface area contributed by atoms with Crippen LogP contribution in [0.15, 0.2) is 4.52 Å². The second-order valence-corrected chi connectivity index (χ2v) is 6.65. The Hall–Kier alpha value is -0.940. The monoisotopic (exact) mass is 294 g/mol. The second-order valence-electron chi connectivity index (χ2n) is 6.65. The molecule has 0 amide bonds. The predicted molar refractivity (Wildman–Crippen MR) is 84.0 cm³/mol. The summed E-state index contributed by atoms with van der Waals surface area (Å²) in [7, 11) is 0. The molecule has 2 heterocycles. The first-order valence-corrected chi connectivity index (χ1v) is 8.42. The second kappa shape index (κ2) is 8.49. The van der Waals surface area contributed by atoms with E-state index in [1.165, 1.54) is 19.4 Å². The predicted octanol–water partition coefficient (Wildman–Crippen LogP) is 2.48. The molecular weight excluding hydrogens is 264 g/mol. The molecule has 21 heavy (non-hydrogen) atoms. The van der Waals surface area contributed by atoms with Crippen molar-refractivity contribution in [1.29, 1.82) is 0 Å². The Morgan fingerprint density at radius 2 is 2.29 bits per heavy atom. The Morgan fingerprint density at radius 3 is 2.95 bits per heavy atom. The van der Waals surface area contributed by atoms with Crippen molar-refractivity contribution in [1.82, 2.24) is 20.4 Å². The van der Waals surface area contributed by atoms with E-state index in [0.29, 0.717) is 5.92 Å². The Balaban J connectivity index is 1.87. The molecule has 0 aromatic carbocycles. The van der Waals surface area contributed by atoms with Crippen LogP contribution in [0.3, 0.4) is 0 Å². The molecule has 120 valence electrons. The summed E-state index contributed by atoms with van der Waals surface area (Å²) >= 11 is 0. The van der Waals surface area contributed by atoms with Crippen LogP contribution >= 0.6 is 0 Å². The van der Waals surface area contributed by atoms with E-state index in [2.05, 4.69) is 41.1 Å². The molecule has 1 N–H and O–H groups in total. The average molecular weight is 294 g/mol. The topological polar surface area (TPSA) is 54.2 Å². The quantitative estimate of drug-likeness (QED) is 0.798. The molecule has 0 aliphatic carbocycles. The van der Waals surface area contributed by atoms with E-state index < -0.39 is 0 Å². The maximum Gasteiger partial charge on any atom is 0.226 e. The van der Waals surface area contributed by atoms with E-state index >= 15 is 0 Å². The summed E-state index contributed by atoms with van der Waals surface area (Å²) in [5, 5.41) is 7.64. The fourth-order valence-electron chi connectivity index (χ4n) is 2.98. The first-order chi connectivity index (χ1) is 10.2. The Bertz CT molecular complexity index is 399. The van der Waals surface area contributed by atoms with Crippen molar-refractivity contribution in [2.45, 2.75) is 53.0 Å². The van der Waals surface area contributed by atoms with Gasteiger partial charge in [-0.2, -0.15) is 4.98 Å². The van der Waals surface area contributed by atoms with Gasteiger partial charge in [0.25, 0.3) is 0 Å². The first-order valence-electron chi connectivity index (χ1n) is 8.42. The molecule has 0 saturated carbocycles. The van der Waals surface area contributed by atoms with Crippen LogP contribution in [0.4, 0.5) is 0 Å². The molecular formula is C16H30N4O. The normalized spacial score (nSPS) is 19.6. The summed E-state index contributed by atoms with van der Waals surface area (Å²) in [4.78, 5) is 7.00. The summed E-state index contributed by atoms with van der Waals surface area (Å²) in [6.07, 6.45) is 4.66. The molecule has 1 fully saturated rings. The minimum Gasteiger partial charge on any atom is -0.339 e. The van der Waals surface area contributed by atoms with E-state index in [0.717, 1.165) is 56.7 Å². The lowest BCUT2D eigenvalue weighted by Crippen LogP contribution is -2.38. The van der Waals surface area contributed by atoms with Gasteiger partial charge in [-0.15, -0.1) is 0 Å². The highest BCUT2D eigenvalue weighted by molar-refractivity contribution is 4.88. The van der Waals surface area contributed by atoms with Gasteiger partial charge in [0, 0.05) is 13.0 Å². The molecule has 1 aromatic heterocycles. The van der Waals surface area contributed by atoms with Gasteiger partial charge < -0.3 is 9.84 Å². The fraction of sp³-hybridized carbons (Fsp3) is 0.875. The van der Waals surface area contributed by atoms with Crippen LogP contribution in [0.25, 0.3) is 0 Å². The standard InChI is InChI=1S/C16H30N4O/c1-4-8-20(11-14-6-5-7-17-10-14)12-15-18-16(21-19-15)9-13(2)3/h13-14,17H,4-12H2,1-3H3. The van der Waals surface area contributed by atoms with E-state index in [1.807, 2.05) is 0 Å². The van der Waals surface area contributed by atoms with Crippen molar-refractivity contribution in [3.8, 4) is 0 Å². The largest absolute Gasteiger partial charge is 0.339 e. The fourth-order valence-corrected chi connectivity index (χ4v) is 2.98. The summed E-state index contributed by atoms with van der Waals surface area (Å²) < 4.78 is 5.34. The number of hydrogen-bond acceptors (Lipinski definition) is 5. The minimum absolute atomic E-state index is 0.554. The molecule has 1 unspecified atom stereocenters. The van der Waals surface area contributed by atoms with Gasteiger partial charge in [-0.3, -0.25) is 4.90 Å². The van der Waals surface area contributed by atoms with Gasteiger partial charge in [0.15, 0.2) is 5.82 Å². The summed E-state index contributed by atoms with van der Waals surface area (Å²) in [5.74, 6) is 2.92. The highest BCUT2D eigenvalue weighted by Gasteiger charge is 2.18. The third-order valence-electron chi connectivity index (χ3n) is 3.91. The molecule has 1 aliphatic heterocycles. The molecule has 5 heteroatoms. The highest BCUT2D eigenvalue weighted by atomic mass is 16.5. The van der Waals surface area contributed by atoms with Crippen LogP contribution in [-0.2, 0) is 13.0 Å².